The highest BCUT2D eigenvalue weighted by Crippen LogP contribution is 2.14. The highest BCUT2D eigenvalue weighted by Gasteiger charge is 1.97. The van der Waals surface area contributed by atoms with Crippen LogP contribution in [0.15, 0.2) is 22.2 Å². The van der Waals surface area contributed by atoms with Crippen molar-refractivity contribution >= 4 is 11.8 Å². The molecule has 0 aliphatic carbocycles. The molecule has 0 aromatic carbocycles. The molecule has 1 aromatic rings. The van der Waals surface area contributed by atoms with Crippen LogP contribution in [-0.4, -0.2) is 15.7 Å². The van der Waals surface area contributed by atoms with Crippen molar-refractivity contribution in [3.63, 3.8) is 0 Å². The number of H-pyrrole nitrogens is 1. The van der Waals surface area contributed by atoms with Gasteiger partial charge in [0.15, 0.2) is 5.16 Å². The predicted octanol–water partition coefficient (Wildman–Crippen LogP) is 1.91. The van der Waals surface area contributed by atoms with E-state index in [0.29, 0.717) is 11.1 Å². The molecule has 0 unspecified atom stereocenters. The maximum atomic E-state index is 10.9. The van der Waals surface area contributed by atoms with Gasteiger partial charge in [0.1, 0.15) is 0 Å². The molecule has 0 atom stereocenters. The van der Waals surface area contributed by atoms with Crippen LogP contribution in [0.1, 0.15) is 20.3 Å². The molecule has 13 heavy (non-hydrogen) atoms. The largest absolute Gasteiger partial charge is 0.301 e. The predicted molar refractivity (Wildman–Crippen MR) is 55.0 cm³/mol. The summed E-state index contributed by atoms with van der Waals surface area (Å²) in [6.07, 6.45) is 2.68. The molecule has 0 amide bonds. The van der Waals surface area contributed by atoms with E-state index in [1.165, 1.54) is 12.3 Å². The number of thioether (sulfide) groups is 1. The van der Waals surface area contributed by atoms with Gasteiger partial charge < -0.3 is 4.98 Å². The molecule has 0 saturated carbocycles. The molecular formula is C9H14N2OS. The van der Waals surface area contributed by atoms with E-state index < -0.39 is 0 Å². The molecule has 0 aliphatic rings. The smallest absolute Gasteiger partial charge is 0.251 e. The molecule has 1 aromatic heterocycles. The first-order valence-corrected chi connectivity index (χ1v) is 5.35. The van der Waals surface area contributed by atoms with Crippen molar-refractivity contribution in [2.45, 2.75) is 25.4 Å². The molecule has 0 spiro atoms. The second kappa shape index (κ2) is 5.07. The number of rotatable bonds is 4. The molecule has 4 heteroatoms. The number of aromatic amines is 1. The van der Waals surface area contributed by atoms with Crippen molar-refractivity contribution < 1.29 is 0 Å². The van der Waals surface area contributed by atoms with Gasteiger partial charge in [-0.3, -0.25) is 4.79 Å². The number of hydrogen-bond acceptors (Lipinski definition) is 3. The van der Waals surface area contributed by atoms with Crippen molar-refractivity contribution in [2.75, 3.05) is 5.75 Å². The van der Waals surface area contributed by atoms with E-state index >= 15 is 0 Å². The highest BCUT2D eigenvalue weighted by molar-refractivity contribution is 7.99. The molecule has 1 N–H and O–H groups in total. The third kappa shape index (κ3) is 4.12. The Morgan fingerprint density at radius 3 is 3.00 bits per heavy atom. The Morgan fingerprint density at radius 2 is 2.38 bits per heavy atom. The van der Waals surface area contributed by atoms with E-state index in [9.17, 15) is 4.79 Å². The Labute approximate surface area is 82.0 Å². The lowest BCUT2D eigenvalue weighted by Crippen LogP contribution is -2.05. The first kappa shape index (κ1) is 10.3. The SMILES string of the molecule is CC(C)CCSc1nccc(=O)[nH]1. The monoisotopic (exact) mass is 198 g/mol. The molecule has 0 saturated heterocycles. The number of nitrogens with one attached hydrogen (secondary N) is 1. The van der Waals surface area contributed by atoms with E-state index in [1.54, 1.807) is 11.8 Å². The first-order valence-electron chi connectivity index (χ1n) is 4.36. The van der Waals surface area contributed by atoms with Gasteiger partial charge in [-0.15, -0.1) is 0 Å². The summed E-state index contributed by atoms with van der Waals surface area (Å²) in [5.74, 6) is 1.70. The van der Waals surface area contributed by atoms with E-state index in [0.717, 1.165) is 12.2 Å². The normalized spacial score (nSPS) is 10.7. The van der Waals surface area contributed by atoms with Crippen LogP contribution in [0.3, 0.4) is 0 Å². The lowest BCUT2D eigenvalue weighted by Gasteiger charge is -2.02. The molecule has 3 nitrogen and oxygen atoms in total. The summed E-state index contributed by atoms with van der Waals surface area (Å²) < 4.78 is 0. The number of aromatic nitrogens is 2. The van der Waals surface area contributed by atoms with E-state index in [1.807, 2.05) is 0 Å². The van der Waals surface area contributed by atoms with Crippen LogP contribution < -0.4 is 5.56 Å². The lowest BCUT2D eigenvalue weighted by atomic mass is 10.2. The Balaban J connectivity index is 2.41. The third-order valence-corrected chi connectivity index (χ3v) is 2.50. The van der Waals surface area contributed by atoms with Crippen molar-refractivity contribution in [3.05, 3.63) is 22.6 Å². The molecule has 0 bridgehead atoms. The first-order chi connectivity index (χ1) is 6.18. The maximum Gasteiger partial charge on any atom is 0.251 e. The Morgan fingerprint density at radius 1 is 1.62 bits per heavy atom. The van der Waals surface area contributed by atoms with E-state index in [4.69, 9.17) is 0 Å². The van der Waals surface area contributed by atoms with Gasteiger partial charge in [0.25, 0.3) is 5.56 Å². The van der Waals surface area contributed by atoms with Gasteiger partial charge in [-0.05, 0) is 12.3 Å². The van der Waals surface area contributed by atoms with Gasteiger partial charge in [-0.25, -0.2) is 4.98 Å². The zero-order valence-electron chi connectivity index (χ0n) is 7.91. The fraction of sp³-hybridized carbons (Fsp3) is 0.556. The van der Waals surface area contributed by atoms with Crippen LogP contribution in [-0.2, 0) is 0 Å². The summed E-state index contributed by atoms with van der Waals surface area (Å²) in [6.45, 7) is 4.36. The number of hydrogen-bond donors (Lipinski definition) is 1. The fourth-order valence-electron chi connectivity index (χ4n) is 0.817. The lowest BCUT2D eigenvalue weighted by molar-refractivity contribution is 0.631. The zero-order chi connectivity index (χ0) is 9.68. The summed E-state index contributed by atoms with van der Waals surface area (Å²) in [4.78, 5) is 17.6. The Hall–Kier alpha value is -0.770. The van der Waals surface area contributed by atoms with Crippen molar-refractivity contribution in [3.8, 4) is 0 Å². The standard InChI is InChI=1S/C9H14N2OS/c1-7(2)4-6-13-9-10-5-3-8(12)11-9/h3,5,7H,4,6H2,1-2H3,(H,10,11,12). The molecule has 0 aliphatic heterocycles. The van der Waals surface area contributed by atoms with Crippen molar-refractivity contribution in [1.82, 2.24) is 9.97 Å². The number of nitrogens with zero attached hydrogens (tertiary/aromatic N) is 1. The van der Waals surface area contributed by atoms with Gasteiger partial charge in [0.05, 0.1) is 0 Å². The fourth-order valence-corrected chi connectivity index (χ4v) is 1.91. The van der Waals surface area contributed by atoms with Gasteiger partial charge in [0.2, 0.25) is 0 Å². The molecule has 1 heterocycles. The van der Waals surface area contributed by atoms with Crippen LogP contribution in [0.25, 0.3) is 0 Å². The van der Waals surface area contributed by atoms with Crippen LogP contribution in [0.5, 0.6) is 0 Å². The second-order valence-corrected chi connectivity index (χ2v) is 4.35. The van der Waals surface area contributed by atoms with Gasteiger partial charge in [-0.1, -0.05) is 25.6 Å². The minimum Gasteiger partial charge on any atom is -0.301 e. The van der Waals surface area contributed by atoms with Crippen molar-refractivity contribution in [1.29, 1.82) is 0 Å². The average molecular weight is 198 g/mol. The molecule has 0 fully saturated rings. The minimum atomic E-state index is -0.0814. The van der Waals surface area contributed by atoms with E-state index in [-0.39, 0.29) is 5.56 Å². The third-order valence-electron chi connectivity index (χ3n) is 1.58. The van der Waals surface area contributed by atoms with Crippen LogP contribution in [0, 0.1) is 5.92 Å². The molecular weight excluding hydrogens is 184 g/mol. The summed E-state index contributed by atoms with van der Waals surface area (Å²) in [5.41, 5.74) is -0.0814. The van der Waals surface area contributed by atoms with Crippen LogP contribution in [0.2, 0.25) is 0 Å². The summed E-state index contributed by atoms with van der Waals surface area (Å²) in [6, 6.07) is 1.42. The van der Waals surface area contributed by atoms with Gasteiger partial charge >= 0.3 is 0 Å². The second-order valence-electron chi connectivity index (χ2n) is 3.27. The Kier molecular flexibility index (Phi) is 4.02. The van der Waals surface area contributed by atoms with Crippen LogP contribution in [0.4, 0.5) is 0 Å². The zero-order valence-corrected chi connectivity index (χ0v) is 8.73. The summed E-state index contributed by atoms with van der Waals surface area (Å²) >= 11 is 1.60. The maximum absolute atomic E-state index is 10.9. The van der Waals surface area contributed by atoms with Gasteiger partial charge in [0, 0.05) is 18.0 Å². The Bertz CT molecular complexity index is 308. The van der Waals surface area contributed by atoms with Gasteiger partial charge in [-0.2, -0.15) is 0 Å². The summed E-state index contributed by atoms with van der Waals surface area (Å²) in [7, 11) is 0. The molecule has 72 valence electrons. The van der Waals surface area contributed by atoms with Crippen molar-refractivity contribution in [2.24, 2.45) is 5.92 Å². The van der Waals surface area contributed by atoms with Crippen LogP contribution >= 0.6 is 11.8 Å². The summed E-state index contributed by atoms with van der Waals surface area (Å²) in [5, 5.41) is 0.716. The molecule has 1 rings (SSSR count). The quantitative estimate of drug-likeness (QED) is 0.593. The van der Waals surface area contributed by atoms with E-state index in [2.05, 4.69) is 23.8 Å². The highest BCUT2D eigenvalue weighted by atomic mass is 32.2. The minimum absolute atomic E-state index is 0.0814. The molecule has 0 radical (unpaired) electrons. The topological polar surface area (TPSA) is 45.8 Å². The average Bonchev–Trinajstić information content (AvgIpc) is 2.03.